The van der Waals surface area contributed by atoms with Crippen LogP contribution in [0.3, 0.4) is 0 Å². The average Bonchev–Trinajstić information content (AvgIpc) is 2.98. The maximum Gasteiger partial charge on any atom is 0.258 e. The maximum absolute atomic E-state index is 12.5. The molecule has 1 heterocycles. The largest absolute Gasteiger partial charge is 0.381 e. The van der Waals surface area contributed by atoms with E-state index in [9.17, 15) is 8.42 Å². The van der Waals surface area contributed by atoms with Crippen molar-refractivity contribution in [2.24, 2.45) is 0 Å². The summed E-state index contributed by atoms with van der Waals surface area (Å²) in [4.78, 5) is 0. The van der Waals surface area contributed by atoms with Crippen LogP contribution in [-0.4, -0.2) is 43.9 Å². The molecule has 2 fully saturated rings. The van der Waals surface area contributed by atoms with Crippen molar-refractivity contribution < 1.29 is 13.2 Å². The van der Waals surface area contributed by atoms with Crippen LogP contribution in [0.1, 0.15) is 37.7 Å². The molecule has 8 heteroatoms. The maximum atomic E-state index is 12.5. The van der Waals surface area contributed by atoms with Crippen LogP contribution < -0.4 is 10.0 Å². The highest BCUT2D eigenvalue weighted by atomic mass is 32.2. The molecule has 1 aromatic rings. The minimum Gasteiger partial charge on any atom is -0.381 e. The molecule has 0 bridgehead atoms. The van der Waals surface area contributed by atoms with E-state index in [1.54, 1.807) is 13.3 Å². The third-order valence-electron chi connectivity index (χ3n) is 4.15. The standard InChI is InChI=1S/C13H22N4O3S/c1-20-12-5-4-11(6-12)17-21(18,19)13-9(8-15-16-13)7-14-10-2-3-10/h8,10-12,14,17H,2-7H2,1H3,(H,15,16). The minimum atomic E-state index is -3.55. The molecule has 0 spiro atoms. The zero-order valence-electron chi connectivity index (χ0n) is 12.1. The van der Waals surface area contributed by atoms with Gasteiger partial charge in [-0.2, -0.15) is 5.10 Å². The van der Waals surface area contributed by atoms with E-state index in [4.69, 9.17) is 4.74 Å². The van der Waals surface area contributed by atoms with Crippen molar-refractivity contribution in [3.05, 3.63) is 11.8 Å². The van der Waals surface area contributed by atoms with Gasteiger partial charge in [-0.1, -0.05) is 0 Å². The van der Waals surface area contributed by atoms with Crippen LogP contribution >= 0.6 is 0 Å². The van der Waals surface area contributed by atoms with E-state index >= 15 is 0 Å². The summed E-state index contributed by atoms with van der Waals surface area (Å²) in [5, 5.41) is 9.99. The normalized spacial score (nSPS) is 26.3. The van der Waals surface area contributed by atoms with Gasteiger partial charge in [0.05, 0.1) is 12.3 Å². The average molecular weight is 314 g/mol. The SMILES string of the molecule is COC1CCC(NS(=O)(=O)c2[nH]ncc2CNC2CC2)C1. The van der Waals surface area contributed by atoms with E-state index in [2.05, 4.69) is 20.2 Å². The van der Waals surface area contributed by atoms with E-state index in [0.717, 1.165) is 19.3 Å². The summed E-state index contributed by atoms with van der Waals surface area (Å²) in [6.45, 7) is 0.531. The molecule has 2 aliphatic rings. The molecule has 3 N–H and O–H groups in total. The quantitative estimate of drug-likeness (QED) is 0.681. The number of nitrogens with one attached hydrogen (secondary N) is 3. The van der Waals surface area contributed by atoms with Gasteiger partial charge in [-0.25, -0.2) is 13.1 Å². The van der Waals surface area contributed by atoms with E-state index in [-0.39, 0.29) is 17.2 Å². The van der Waals surface area contributed by atoms with Crippen LogP contribution in [0.2, 0.25) is 0 Å². The molecular formula is C13H22N4O3S. The third kappa shape index (κ3) is 3.63. The molecule has 3 rings (SSSR count). The Labute approximate surface area is 124 Å². The summed E-state index contributed by atoms with van der Waals surface area (Å²) in [5.74, 6) is 0. The highest BCUT2D eigenvalue weighted by Gasteiger charge is 2.31. The Kier molecular flexibility index (Phi) is 4.30. The molecule has 21 heavy (non-hydrogen) atoms. The Bertz CT molecular complexity index is 582. The Morgan fingerprint density at radius 2 is 2.10 bits per heavy atom. The lowest BCUT2D eigenvalue weighted by atomic mass is 10.3. The molecule has 2 saturated carbocycles. The number of rotatable bonds is 7. The number of hydrogen-bond donors (Lipinski definition) is 3. The number of hydrogen-bond acceptors (Lipinski definition) is 5. The number of nitrogens with zero attached hydrogens (tertiary/aromatic N) is 1. The summed E-state index contributed by atoms with van der Waals surface area (Å²) < 4.78 is 33.0. The molecular weight excluding hydrogens is 292 g/mol. The third-order valence-corrected chi connectivity index (χ3v) is 5.68. The Morgan fingerprint density at radius 3 is 2.76 bits per heavy atom. The van der Waals surface area contributed by atoms with E-state index in [1.807, 2.05) is 0 Å². The summed E-state index contributed by atoms with van der Waals surface area (Å²) in [6, 6.07) is 0.466. The van der Waals surface area contributed by atoms with Gasteiger partial charge in [-0.3, -0.25) is 5.10 Å². The summed E-state index contributed by atoms with van der Waals surface area (Å²) in [6.07, 6.45) is 6.48. The first-order valence-corrected chi connectivity index (χ1v) is 8.87. The van der Waals surface area contributed by atoms with E-state index in [1.165, 1.54) is 12.8 Å². The highest BCUT2D eigenvalue weighted by molar-refractivity contribution is 7.89. The summed E-state index contributed by atoms with van der Waals surface area (Å²) in [7, 11) is -1.89. The first kappa shape index (κ1) is 15.0. The summed E-state index contributed by atoms with van der Waals surface area (Å²) >= 11 is 0. The predicted molar refractivity (Wildman–Crippen MR) is 77.2 cm³/mol. The van der Waals surface area contributed by atoms with E-state index < -0.39 is 10.0 Å². The predicted octanol–water partition coefficient (Wildman–Crippen LogP) is 0.508. The van der Waals surface area contributed by atoms with Crippen molar-refractivity contribution in [1.82, 2.24) is 20.2 Å². The fourth-order valence-corrected chi connectivity index (χ4v) is 4.15. The van der Waals surface area contributed by atoms with Gasteiger partial charge >= 0.3 is 0 Å². The smallest absolute Gasteiger partial charge is 0.258 e. The number of methoxy groups -OCH3 is 1. The molecule has 2 atom stereocenters. The topological polar surface area (TPSA) is 96.1 Å². The van der Waals surface area contributed by atoms with Crippen LogP contribution in [0.5, 0.6) is 0 Å². The van der Waals surface area contributed by atoms with Gasteiger partial charge in [0, 0.05) is 31.3 Å². The second kappa shape index (κ2) is 6.04. The monoisotopic (exact) mass is 314 g/mol. The zero-order valence-corrected chi connectivity index (χ0v) is 12.9. The van der Waals surface area contributed by atoms with Crippen LogP contribution in [-0.2, 0) is 21.3 Å². The molecule has 2 aliphatic carbocycles. The number of aromatic amines is 1. The van der Waals surface area contributed by atoms with Crippen molar-refractivity contribution in [3.8, 4) is 0 Å². The number of H-pyrrole nitrogens is 1. The van der Waals surface area contributed by atoms with Crippen LogP contribution in [0, 0.1) is 0 Å². The van der Waals surface area contributed by atoms with Crippen molar-refractivity contribution in [3.63, 3.8) is 0 Å². The second-order valence-electron chi connectivity index (χ2n) is 5.87. The van der Waals surface area contributed by atoms with Crippen LogP contribution in [0.25, 0.3) is 0 Å². The molecule has 2 unspecified atom stereocenters. The van der Waals surface area contributed by atoms with Crippen LogP contribution in [0.4, 0.5) is 0 Å². The lowest BCUT2D eigenvalue weighted by Crippen LogP contribution is -2.34. The number of sulfonamides is 1. The second-order valence-corrected chi connectivity index (χ2v) is 7.52. The zero-order chi connectivity index (χ0) is 14.9. The van der Waals surface area contributed by atoms with E-state index in [0.29, 0.717) is 18.2 Å². The first-order chi connectivity index (χ1) is 10.1. The van der Waals surface area contributed by atoms with Gasteiger partial charge in [0.1, 0.15) is 0 Å². The Balaban J connectivity index is 1.65. The molecule has 0 radical (unpaired) electrons. The number of ether oxygens (including phenoxy) is 1. The van der Waals surface area contributed by atoms with Gasteiger partial charge < -0.3 is 10.1 Å². The fraction of sp³-hybridized carbons (Fsp3) is 0.769. The first-order valence-electron chi connectivity index (χ1n) is 7.39. The van der Waals surface area contributed by atoms with Gasteiger partial charge in [-0.05, 0) is 32.1 Å². The minimum absolute atomic E-state index is 0.0625. The van der Waals surface area contributed by atoms with Crippen molar-refractivity contribution in [2.75, 3.05) is 7.11 Å². The highest BCUT2D eigenvalue weighted by Crippen LogP contribution is 2.24. The molecule has 0 amide bonds. The van der Waals surface area contributed by atoms with Gasteiger partial charge in [-0.15, -0.1) is 0 Å². The van der Waals surface area contributed by atoms with Gasteiger partial charge in [0.25, 0.3) is 10.0 Å². The molecule has 118 valence electrons. The Morgan fingerprint density at radius 1 is 1.33 bits per heavy atom. The van der Waals surface area contributed by atoms with Gasteiger partial charge in [0.15, 0.2) is 5.03 Å². The van der Waals surface area contributed by atoms with Crippen molar-refractivity contribution in [2.45, 2.75) is 61.9 Å². The summed E-state index contributed by atoms with van der Waals surface area (Å²) in [5.41, 5.74) is 0.690. The number of aromatic nitrogens is 2. The molecule has 0 aliphatic heterocycles. The lowest BCUT2D eigenvalue weighted by Gasteiger charge is -2.13. The van der Waals surface area contributed by atoms with Crippen LogP contribution in [0.15, 0.2) is 11.2 Å². The molecule has 0 aromatic carbocycles. The van der Waals surface area contributed by atoms with Gasteiger partial charge in [0.2, 0.25) is 0 Å². The fourth-order valence-electron chi connectivity index (χ4n) is 2.74. The lowest BCUT2D eigenvalue weighted by molar-refractivity contribution is 0.107. The molecule has 0 saturated heterocycles. The van der Waals surface area contributed by atoms with Crippen molar-refractivity contribution in [1.29, 1.82) is 0 Å². The molecule has 1 aromatic heterocycles. The van der Waals surface area contributed by atoms with Crippen molar-refractivity contribution >= 4 is 10.0 Å². The molecule has 7 nitrogen and oxygen atoms in total. The Hall–Kier alpha value is -0.960.